The average molecular weight is 1970 g/mol. The summed E-state index contributed by atoms with van der Waals surface area (Å²) in [7, 11) is 0. The van der Waals surface area contributed by atoms with Crippen molar-refractivity contribution in [2.24, 2.45) is 0 Å². The molecular weight excluding hydrogens is 1890 g/mol. The predicted molar refractivity (Wildman–Crippen MR) is 550 cm³/mol. The summed E-state index contributed by atoms with van der Waals surface area (Å²) in [6.07, 6.45) is -28.2. The topological polar surface area (TPSA) is 29.6 Å². The molecule has 0 bridgehead atoms. The molecule has 18 aromatic carbocycles. The number of nitrogens with zero attached hydrogens (tertiary/aromatic N) is 6. The highest BCUT2D eigenvalue weighted by Gasteiger charge is 2.42. The van der Waals surface area contributed by atoms with Crippen LogP contribution >= 0.6 is 0 Å². The first kappa shape index (κ1) is 94.4. The molecule has 24 heteroatoms. The molecule has 24 aromatic rings. The van der Waals surface area contributed by atoms with Gasteiger partial charge in [-0.15, -0.1) is 0 Å². The van der Waals surface area contributed by atoms with Crippen molar-refractivity contribution in [1.82, 2.24) is 27.4 Å². The van der Waals surface area contributed by atoms with E-state index in [1.807, 2.05) is 237 Å². The molecule has 726 valence electrons. The Labute approximate surface area is 822 Å². The van der Waals surface area contributed by atoms with Gasteiger partial charge in [-0.25, -0.2) is 0 Å². The third-order valence-corrected chi connectivity index (χ3v) is 27.7. The van der Waals surface area contributed by atoms with Crippen LogP contribution in [0.3, 0.4) is 0 Å². The Bertz CT molecular complexity index is 8860. The van der Waals surface area contributed by atoms with E-state index in [9.17, 15) is 79.0 Å². The van der Waals surface area contributed by atoms with Crippen LogP contribution in [0.5, 0.6) is 0 Å². The summed E-state index contributed by atoms with van der Waals surface area (Å²) in [5, 5.41) is 9.62. The normalized spacial score (nSPS) is 12.6. The molecule has 0 amide bonds. The fraction of sp³-hybridized carbons (Fsp3) is 0.115. The van der Waals surface area contributed by atoms with Crippen LogP contribution in [0.15, 0.2) is 352 Å². The highest BCUT2D eigenvalue weighted by Crippen LogP contribution is 2.52. The number of aromatic nitrogens is 6. The third-order valence-electron chi connectivity index (χ3n) is 27.7. The van der Waals surface area contributed by atoms with Gasteiger partial charge in [-0.2, -0.15) is 79.0 Å². The van der Waals surface area contributed by atoms with Gasteiger partial charge in [0.25, 0.3) is 0 Å². The largest absolute Gasteiger partial charge is 0.418 e. The van der Waals surface area contributed by atoms with Gasteiger partial charge in [-0.3, -0.25) is 0 Å². The van der Waals surface area contributed by atoms with Crippen molar-refractivity contribution in [2.75, 3.05) is 0 Å². The van der Waals surface area contributed by atoms with E-state index in [1.165, 1.54) is 72.8 Å². The second-order valence-electron chi connectivity index (χ2n) is 37.6. The van der Waals surface area contributed by atoms with Crippen LogP contribution in [0, 0.1) is 55.4 Å². The van der Waals surface area contributed by atoms with E-state index in [0.717, 1.165) is 146 Å². The SMILES string of the molecule is Cc1ccc2c(c1)c1ccccc1n2-c1cc(-c2ccc(C(F)(F)F)c(-n3c4ccccc4c4cc(C)ccc43)c2)ccc1C(F)(F)F.Cc1ccc2c3ccc(C)cc3n(-c3cc(-c4ccc(C(F)(F)F)c(-n5c6cc(C)ccc6c6ccc(C)cc65)c4)ccc3C(F)(F)F)c2c1.Cc1ccc2c3ccccc3n(-c3cc(-c4ccc(C(F)(F)F)c(-n5c6ccccc6c6ccc(C)cc65)c4)ccc3C(F)(F)F)c2c1. The molecule has 0 aliphatic heterocycles. The number of halogens is 18. The zero-order valence-electron chi connectivity index (χ0n) is 79.0. The Kier molecular flexibility index (Phi) is 22.4. The van der Waals surface area contributed by atoms with Crippen molar-refractivity contribution in [2.45, 2.75) is 92.4 Å². The monoisotopic (exact) mass is 1970 g/mol. The van der Waals surface area contributed by atoms with Gasteiger partial charge in [0.15, 0.2) is 0 Å². The van der Waals surface area contributed by atoms with Crippen molar-refractivity contribution < 1.29 is 79.0 Å². The first-order valence-corrected chi connectivity index (χ1v) is 46.8. The summed E-state index contributed by atoms with van der Waals surface area (Å²) < 4.78 is 274. The number of fused-ring (bicyclic) bond motifs is 18. The second kappa shape index (κ2) is 34.7. The molecule has 6 aromatic heterocycles. The fourth-order valence-electron chi connectivity index (χ4n) is 21.2. The van der Waals surface area contributed by atoms with Crippen LogP contribution in [0.2, 0.25) is 0 Å². The molecule has 0 saturated carbocycles. The molecule has 0 radical (unpaired) electrons. The van der Waals surface area contributed by atoms with E-state index in [2.05, 4.69) is 0 Å². The van der Waals surface area contributed by atoms with Gasteiger partial charge in [0.2, 0.25) is 0 Å². The quantitative estimate of drug-likeness (QED) is 0.129. The van der Waals surface area contributed by atoms with Crippen molar-refractivity contribution in [3.63, 3.8) is 0 Å². The summed E-state index contributed by atoms with van der Waals surface area (Å²) in [6.45, 7) is 15.1. The van der Waals surface area contributed by atoms with E-state index in [0.29, 0.717) is 99.6 Å². The van der Waals surface area contributed by atoms with Crippen LogP contribution in [0.1, 0.15) is 77.9 Å². The van der Waals surface area contributed by atoms with Crippen LogP contribution < -0.4 is 0 Å². The standard InChI is InChI=1S/C42H30F6N2.2C40H26F6N2/c1-23-5-11-29-30-12-6-24(2)18-36(30)49(35(29)17-23)39-21-27(9-15-33(39)41(43,44)45)28-10-16-34(42(46,47)48)40(22-28)50-37-19-25(3)7-13-31(37)32-14-8-26(4)20-38(32)50;1-23-11-17-35-29(19-23)27-7-3-5-9-33(27)47(35)37-21-25(13-15-31(37)39(41,42)43)26-14-16-32(40(44,45)46)38(22-26)48-34-10-6-4-8-28(34)30-20-24(2)12-18-36(30)48;1-23-11-15-29-27-7-3-5-9-33(27)47(35(29)19-23)37-21-25(13-17-31(37)39(41,42)43)26-14-18-32(40(44,45)46)38(22-26)48-34-10-6-4-8-28(34)30-16-12-24(2)20-36(30)48/h5-22H,1-4H3;2*3-22H,1-2H3. The van der Waals surface area contributed by atoms with E-state index >= 15 is 0 Å². The second-order valence-corrected chi connectivity index (χ2v) is 37.6. The molecule has 6 nitrogen and oxygen atoms in total. The summed E-state index contributed by atoms with van der Waals surface area (Å²) in [5.41, 5.74) is 10.8. The van der Waals surface area contributed by atoms with Gasteiger partial charge < -0.3 is 27.4 Å². The Morgan fingerprint density at radius 1 is 0.130 bits per heavy atom. The molecule has 0 aliphatic carbocycles. The minimum atomic E-state index is -4.70. The molecule has 0 spiro atoms. The average Bonchev–Trinajstić information content (AvgIpc) is 1.55. The minimum absolute atomic E-state index is 0.101. The maximum Gasteiger partial charge on any atom is 0.418 e. The van der Waals surface area contributed by atoms with Crippen molar-refractivity contribution >= 4 is 131 Å². The van der Waals surface area contributed by atoms with E-state index in [1.54, 1.807) is 88.1 Å². The smallest absolute Gasteiger partial charge is 0.309 e. The minimum Gasteiger partial charge on any atom is -0.309 e. The fourth-order valence-corrected chi connectivity index (χ4v) is 21.2. The number of aryl methyl sites for hydroxylation is 8. The Morgan fingerprint density at radius 3 is 0.466 bits per heavy atom. The molecular formula is C122H82F18N6. The maximum atomic E-state index is 14.8. The lowest BCUT2D eigenvalue weighted by Crippen LogP contribution is -2.12. The molecule has 0 fully saturated rings. The lowest BCUT2D eigenvalue weighted by Gasteiger charge is -2.20. The number of benzene rings is 18. The highest BCUT2D eigenvalue weighted by molar-refractivity contribution is 6.15. The first-order valence-electron chi connectivity index (χ1n) is 46.8. The molecule has 0 aliphatic rings. The summed E-state index contributed by atoms with van der Waals surface area (Å²) in [6, 6.07) is 97.1. The maximum absolute atomic E-state index is 14.8. The molecule has 0 unspecified atom stereocenters. The van der Waals surface area contributed by atoms with Gasteiger partial charge >= 0.3 is 37.1 Å². The van der Waals surface area contributed by atoms with Crippen molar-refractivity contribution in [1.29, 1.82) is 0 Å². The van der Waals surface area contributed by atoms with Crippen LogP contribution in [-0.4, -0.2) is 27.4 Å². The van der Waals surface area contributed by atoms with Gasteiger partial charge in [-0.05, 0) is 280 Å². The molecule has 0 saturated heterocycles. The van der Waals surface area contributed by atoms with Crippen LogP contribution in [0.25, 0.3) is 198 Å². The summed E-state index contributed by atoms with van der Waals surface area (Å²) in [4.78, 5) is 0. The third kappa shape index (κ3) is 16.3. The lowest BCUT2D eigenvalue weighted by molar-refractivity contribution is -0.138. The Morgan fingerprint density at radius 2 is 0.274 bits per heavy atom. The van der Waals surface area contributed by atoms with Crippen LogP contribution in [0.4, 0.5) is 79.0 Å². The summed E-state index contributed by atoms with van der Waals surface area (Å²) >= 11 is 0. The lowest BCUT2D eigenvalue weighted by atomic mass is 9.98. The highest BCUT2D eigenvalue weighted by atomic mass is 19.4. The molecule has 0 atom stereocenters. The van der Waals surface area contributed by atoms with Gasteiger partial charge in [0.05, 0.1) is 134 Å². The van der Waals surface area contributed by atoms with Crippen molar-refractivity contribution in [3.05, 3.63) is 430 Å². The number of rotatable bonds is 9. The van der Waals surface area contributed by atoms with Gasteiger partial charge in [0, 0.05) is 64.6 Å². The molecule has 6 heterocycles. The van der Waals surface area contributed by atoms with Crippen molar-refractivity contribution in [3.8, 4) is 67.5 Å². The summed E-state index contributed by atoms with van der Waals surface area (Å²) in [5.74, 6) is 0. The molecule has 24 rings (SSSR count). The predicted octanol–water partition coefficient (Wildman–Crippen LogP) is 37.2. The van der Waals surface area contributed by atoms with E-state index < -0.39 is 70.4 Å². The zero-order chi connectivity index (χ0) is 102. The number of hydrogen-bond acceptors (Lipinski definition) is 0. The number of hydrogen-bond donors (Lipinski definition) is 0. The number of para-hydroxylation sites is 4. The van der Waals surface area contributed by atoms with Gasteiger partial charge in [-0.1, -0.05) is 205 Å². The van der Waals surface area contributed by atoms with Gasteiger partial charge in [0.1, 0.15) is 0 Å². The number of alkyl halides is 18. The van der Waals surface area contributed by atoms with Crippen LogP contribution in [-0.2, 0) is 37.1 Å². The first-order chi connectivity index (χ1) is 69.5. The molecule has 146 heavy (non-hydrogen) atoms. The molecule has 0 N–H and O–H groups in total. The Balaban J connectivity index is 0.000000125. The van der Waals surface area contributed by atoms with E-state index in [-0.39, 0.29) is 34.1 Å². The van der Waals surface area contributed by atoms with E-state index in [4.69, 9.17) is 0 Å². The Hall–Kier alpha value is -16.5. The zero-order valence-corrected chi connectivity index (χ0v) is 79.0.